The monoisotopic (exact) mass is 570 g/mol. The van der Waals surface area contributed by atoms with E-state index < -0.39 is 0 Å². The van der Waals surface area contributed by atoms with Crippen LogP contribution in [0.25, 0.3) is 16.9 Å². The number of halogens is 1. The molecule has 1 aromatic heterocycles. The van der Waals surface area contributed by atoms with Crippen LogP contribution in [0.1, 0.15) is 59.9 Å². The Balaban J connectivity index is 1.58. The summed E-state index contributed by atoms with van der Waals surface area (Å²) in [5.41, 5.74) is 8.93. The third-order valence-corrected chi connectivity index (χ3v) is 9.60. The molecule has 0 atom stereocenters. The van der Waals surface area contributed by atoms with Crippen molar-refractivity contribution in [2.24, 2.45) is 0 Å². The number of aryl methyl sites for hydroxylation is 2. The van der Waals surface area contributed by atoms with Gasteiger partial charge in [-0.25, -0.2) is 4.98 Å². The second-order valence-electron chi connectivity index (χ2n) is 10.6. The first-order chi connectivity index (χ1) is 17.9. The Morgan fingerprint density at radius 3 is 2.57 bits per heavy atom. The summed E-state index contributed by atoms with van der Waals surface area (Å²) in [6.07, 6.45) is 6.62. The van der Waals surface area contributed by atoms with E-state index in [9.17, 15) is 4.79 Å². The zero-order chi connectivity index (χ0) is 25.6. The highest BCUT2D eigenvalue weighted by Gasteiger charge is 2.43. The summed E-state index contributed by atoms with van der Waals surface area (Å²) in [4.78, 5) is 20.0. The van der Waals surface area contributed by atoms with Crippen molar-refractivity contribution in [3.8, 4) is 16.9 Å². The predicted octanol–water partition coefficient (Wildman–Crippen LogP) is 8.33. The van der Waals surface area contributed by atoms with Gasteiger partial charge in [0.15, 0.2) is 5.16 Å². The molecular formula is C32H31BrN2OS. The van der Waals surface area contributed by atoms with E-state index in [0.29, 0.717) is 0 Å². The number of rotatable bonds is 4. The average molecular weight is 572 g/mol. The molecule has 0 N–H and O–H groups in total. The fourth-order valence-corrected chi connectivity index (χ4v) is 7.75. The van der Waals surface area contributed by atoms with Gasteiger partial charge in [0.2, 0.25) is 0 Å². The average Bonchev–Trinajstić information content (AvgIpc) is 2.88. The van der Waals surface area contributed by atoms with Crippen LogP contribution in [0.15, 0.2) is 81.2 Å². The van der Waals surface area contributed by atoms with Crippen LogP contribution in [0.4, 0.5) is 0 Å². The molecule has 2 aliphatic rings. The van der Waals surface area contributed by atoms with E-state index in [4.69, 9.17) is 4.98 Å². The van der Waals surface area contributed by atoms with Crippen LogP contribution in [0.3, 0.4) is 0 Å². The lowest BCUT2D eigenvalue weighted by atomic mass is 9.62. The highest BCUT2D eigenvalue weighted by molar-refractivity contribution is 9.10. The number of fused-ring (bicyclic) bond motifs is 4. The van der Waals surface area contributed by atoms with Crippen molar-refractivity contribution in [1.82, 2.24) is 9.55 Å². The number of aromatic nitrogens is 2. The van der Waals surface area contributed by atoms with Gasteiger partial charge in [0, 0.05) is 21.2 Å². The number of hydrogen-bond acceptors (Lipinski definition) is 3. The predicted molar refractivity (Wildman–Crippen MR) is 157 cm³/mol. The Hall–Kier alpha value is -2.63. The smallest absolute Gasteiger partial charge is 0.263 e. The Morgan fingerprint density at radius 2 is 1.78 bits per heavy atom. The Kier molecular flexibility index (Phi) is 6.62. The van der Waals surface area contributed by atoms with Crippen LogP contribution in [-0.4, -0.2) is 9.55 Å². The quantitative estimate of drug-likeness (QED) is 0.183. The summed E-state index contributed by atoms with van der Waals surface area (Å²) in [5.74, 6) is 0.762. The minimum atomic E-state index is -0.128. The van der Waals surface area contributed by atoms with Gasteiger partial charge in [-0.2, -0.15) is 0 Å². The second kappa shape index (κ2) is 9.92. The standard InChI is InChI=1S/C32H31BrN2OS/c1-21-13-14-24(22(2)17-21)20-37-31-34-29-27-12-5-4-9-23(27)19-32(15-6-3-7-16-32)28(29)30(36)35(31)26-11-8-10-25(33)18-26/h4-5,8-14,17-18H,3,6-7,15-16,19-20H2,1-2H3. The Labute approximate surface area is 231 Å². The van der Waals surface area contributed by atoms with E-state index in [2.05, 4.69) is 72.2 Å². The summed E-state index contributed by atoms with van der Waals surface area (Å²) in [5, 5.41) is 0.754. The molecule has 1 heterocycles. The fourth-order valence-electron chi connectivity index (χ4n) is 6.28. The molecule has 0 bridgehead atoms. The van der Waals surface area contributed by atoms with Crippen molar-refractivity contribution in [3.05, 3.63) is 109 Å². The molecule has 2 aliphatic carbocycles. The van der Waals surface area contributed by atoms with Crippen molar-refractivity contribution in [1.29, 1.82) is 0 Å². The van der Waals surface area contributed by atoms with E-state index >= 15 is 0 Å². The summed E-state index contributed by atoms with van der Waals surface area (Å²) in [6, 6.07) is 23.2. The van der Waals surface area contributed by atoms with Crippen LogP contribution in [0, 0.1) is 13.8 Å². The number of hydrogen-bond donors (Lipinski definition) is 0. The summed E-state index contributed by atoms with van der Waals surface area (Å²) < 4.78 is 2.83. The van der Waals surface area contributed by atoms with Crippen molar-refractivity contribution in [2.45, 2.75) is 68.7 Å². The SMILES string of the molecule is Cc1ccc(CSc2nc3c(c(=O)n2-c2cccc(Br)c2)C2(CCCCC2)Cc2ccccc2-3)c(C)c1. The number of benzene rings is 3. The zero-order valence-electron chi connectivity index (χ0n) is 21.4. The first-order valence-electron chi connectivity index (χ1n) is 13.2. The molecular weight excluding hydrogens is 540 g/mol. The number of nitrogens with zero attached hydrogens (tertiary/aromatic N) is 2. The maximum absolute atomic E-state index is 14.6. The molecule has 0 unspecified atom stereocenters. The molecule has 1 saturated carbocycles. The molecule has 6 rings (SSSR count). The first-order valence-corrected chi connectivity index (χ1v) is 14.9. The van der Waals surface area contributed by atoms with E-state index in [1.807, 2.05) is 28.8 Å². The van der Waals surface area contributed by atoms with Gasteiger partial charge in [0.05, 0.1) is 16.9 Å². The largest absolute Gasteiger partial charge is 0.268 e. The molecule has 188 valence electrons. The first kappa shape index (κ1) is 24.7. The summed E-state index contributed by atoms with van der Waals surface area (Å²) in [7, 11) is 0. The molecule has 3 nitrogen and oxygen atoms in total. The van der Waals surface area contributed by atoms with Gasteiger partial charge in [-0.3, -0.25) is 9.36 Å². The van der Waals surface area contributed by atoms with Gasteiger partial charge in [-0.05, 0) is 68.0 Å². The highest BCUT2D eigenvalue weighted by atomic mass is 79.9. The summed E-state index contributed by atoms with van der Waals surface area (Å²) >= 11 is 5.28. The van der Waals surface area contributed by atoms with Gasteiger partial charge in [-0.15, -0.1) is 0 Å². The Bertz CT molecular complexity index is 1550. The maximum Gasteiger partial charge on any atom is 0.263 e. The minimum absolute atomic E-state index is 0.0997. The molecule has 0 amide bonds. The number of thioether (sulfide) groups is 1. The fraction of sp³-hybridized carbons (Fsp3) is 0.312. The van der Waals surface area contributed by atoms with E-state index in [1.54, 1.807) is 11.8 Å². The van der Waals surface area contributed by atoms with Gasteiger partial charge in [0.25, 0.3) is 5.56 Å². The second-order valence-corrected chi connectivity index (χ2v) is 12.5. The van der Waals surface area contributed by atoms with Crippen molar-refractivity contribution in [3.63, 3.8) is 0 Å². The van der Waals surface area contributed by atoms with Gasteiger partial charge < -0.3 is 0 Å². The lowest BCUT2D eigenvalue weighted by Gasteiger charge is -2.42. The Morgan fingerprint density at radius 1 is 0.973 bits per heavy atom. The van der Waals surface area contributed by atoms with Gasteiger partial charge >= 0.3 is 0 Å². The molecule has 0 aliphatic heterocycles. The molecule has 0 radical (unpaired) electrons. The third kappa shape index (κ3) is 4.51. The zero-order valence-corrected chi connectivity index (χ0v) is 23.8. The molecule has 4 aromatic rings. The van der Waals surface area contributed by atoms with Crippen LogP contribution < -0.4 is 5.56 Å². The maximum atomic E-state index is 14.6. The molecule has 0 saturated heterocycles. The van der Waals surface area contributed by atoms with Crippen LogP contribution in [-0.2, 0) is 17.6 Å². The highest BCUT2D eigenvalue weighted by Crippen LogP contribution is 2.49. The minimum Gasteiger partial charge on any atom is -0.268 e. The van der Waals surface area contributed by atoms with Crippen LogP contribution >= 0.6 is 27.7 Å². The van der Waals surface area contributed by atoms with E-state index in [1.165, 1.54) is 41.5 Å². The molecule has 5 heteroatoms. The summed E-state index contributed by atoms with van der Waals surface area (Å²) in [6.45, 7) is 4.28. The topological polar surface area (TPSA) is 34.9 Å². The lowest BCUT2D eigenvalue weighted by Crippen LogP contribution is -2.42. The van der Waals surface area contributed by atoms with E-state index in [0.717, 1.165) is 57.2 Å². The molecule has 3 aromatic carbocycles. The normalized spacial score (nSPS) is 15.9. The van der Waals surface area contributed by atoms with Crippen molar-refractivity contribution in [2.75, 3.05) is 0 Å². The van der Waals surface area contributed by atoms with Gasteiger partial charge in [0.1, 0.15) is 0 Å². The molecule has 1 fully saturated rings. The molecule has 1 spiro atoms. The van der Waals surface area contributed by atoms with Gasteiger partial charge in [-0.1, -0.05) is 101 Å². The van der Waals surface area contributed by atoms with Crippen molar-refractivity contribution < 1.29 is 0 Å². The third-order valence-electron chi connectivity index (χ3n) is 8.12. The molecule has 37 heavy (non-hydrogen) atoms. The van der Waals surface area contributed by atoms with E-state index in [-0.39, 0.29) is 11.0 Å². The lowest BCUT2D eigenvalue weighted by molar-refractivity contribution is 0.283. The van der Waals surface area contributed by atoms with Crippen molar-refractivity contribution >= 4 is 27.7 Å². The van der Waals surface area contributed by atoms with Crippen LogP contribution in [0.5, 0.6) is 0 Å². The van der Waals surface area contributed by atoms with Crippen LogP contribution in [0.2, 0.25) is 0 Å².